The van der Waals surface area contributed by atoms with E-state index in [2.05, 4.69) is 10.5 Å². The van der Waals surface area contributed by atoms with E-state index in [0.717, 1.165) is 17.0 Å². The molecule has 1 aromatic heterocycles. The van der Waals surface area contributed by atoms with Gasteiger partial charge in [-0.15, -0.1) is 0 Å². The summed E-state index contributed by atoms with van der Waals surface area (Å²) >= 11 is 7.25. The molecule has 28 heavy (non-hydrogen) atoms. The van der Waals surface area contributed by atoms with Crippen molar-refractivity contribution in [1.29, 1.82) is 0 Å². The molecule has 142 valence electrons. The van der Waals surface area contributed by atoms with Crippen molar-refractivity contribution in [3.05, 3.63) is 85.6 Å². The summed E-state index contributed by atoms with van der Waals surface area (Å²) in [7, 11) is 0. The van der Waals surface area contributed by atoms with Crippen molar-refractivity contribution in [3.63, 3.8) is 0 Å². The smallest absolute Gasteiger partial charge is 0.301 e. The van der Waals surface area contributed by atoms with Gasteiger partial charge in [0.25, 0.3) is 5.69 Å². The van der Waals surface area contributed by atoms with E-state index in [-0.39, 0.29) is 11.4 Å². The normalized spacial score (nSPS) is 10.9. The Morgan fingerprint density at radius 1 is 1.04 bits per heavy atom. The SMILES string of the molecule is O=[N+]([O-])c1ccc(NN=Cc2ccc(Sc3ccc(Cl)cc3)o2)c([N+](=O)[O-])c1. The number of furan rings is 1. The van der Waals surface area contributed by atoms with E-state index in [1.165, 1.54) is 24.0 Å². The van der Waals surface area contributed by atoms with E-state index in [0.29, 0.717) is 15.9 Å². The molecule has 1 N–H and O–H groups in total. The van der Waals surface area contributed by atoms with Crippen LogP contribution in [0.2, 0.25) is 5.02 Å². The molecule has 0 saturated heterocycles. The van der Waals surface area contributed by atoms with Crippen molar-refractivity contribution < 1.29 is 14.3 Å². The summed E-state index contributed by atoms with van der Waals surface area (Å²) in [5.41, 5.74) is 1.69. The summed E-state index contributed by atoms with van der Waals surface area (Å²) in [6, 6.07) is 14.0. The first-order valence-corrected chi connectivity index (χ1v) is 8.87. The highest BCUT2D eigenvalue weighted by atomic mass is 35.5. The average molecular weight is 419 g/mol. The fourth-order valence-electron chi connectivity index (χ4n) is 2.12. The van der Waals surface area contributed by atoms with Gasteiger partial charge >= 0.3 is 5.69 Å². The minimum Gasteiger partial charge on any atom is -0.448 e. The first-order valence-electron chi connectivity index (χ1n) is 7.67. The topological polar surface area (TPSA) is 124 Å². The number of nitro groups is 2. The lowest BCUT2D eigenvalue weighted by Crippen LogP contribution is -1.98. The van der Waals surface area contributed by atoms with Crippen LogP contribution in [-0.2, 0) is 0 Å². The molecular formula is C17H11ClN4O5S. The number of non-ortho nitro benzene ring substituents is 1. The van der Waals surface area contributed by atoms with Crippen LogP contribution in [-0.4, -0.2) is 16.1 Å². The van der Waals surface area contributed by atoms with Crippen LogP contribution in [0.25, 0.3) is 0 Å². The lowest BCUT2D eigenvalue weighted by molar-refractivity contribution is -0.393. The number of hydrazone groups is 1. The van der Waals surface area contributed by atoms with Crippen LogP contribution >= 0.6 is 23.4 Å². The molecule has 0 fully saturated rings. The van der Waals surface area contributed by atoms with Gasteiger partial charge < -0.3 is 4.42 Å². The molecule has 0 atom stereocenters. The van der Waals surface area contributed by atoms with Gasteiger partial charge in [0.2, 0.25) is 0 Å². The number of nitrogens with zero attached hydrogens (tertiary/aromatic N) is 3. The van der Waals surface area contributed by atoms with Gasteiger partial charge in [0.05, 0.1) is 22.1 Å². The van der Waals surface area contributed by atoms with E-state index in [4.69, 9.17) is 16.0 Å². The molecule has 3 rings (SSSR count). The molecule has 0 aliphatic heterocycles. The summed E-state index contributed by atoms with van der Waals surface area (Å²) in [4.78, 5) is 21.4. The third-order valence-electron chi connectivity index (χ3n) is 3.40. The van der Waals surface area contributed by atoms with Gasteiger partial charge in [-0.25, -0.2) is 0 Å². The van der Waals surface area contributed by atoms with E-state index < -0.39 is 15.5 Å². The second kappa shape index (κ2) is 8.55. The summed E-state index contributed by atoms with van der Waals surface area (Å²) in [5, 5.41) is 27.0. The molecule has 0 saturated carbocycles. The number of benzene rings is 2. The number of hydrogen-bond donors (Lipinski definition) is 1. The van der Waals surface area contributed by atoms with Crippen LogP contribution in [0, 0.1) is 20.2 Å². The summed E-state index contributed by atoms with van der Waals surface area (Å²) < 4.78 is 5.60. The lowest BCUT2D eigenvalue weighted by Gasteiger charge is -2.01. The fraction of sp³-hybridized carbons (Fsp3) is 0. The minimum absolute atomic E-state index is 0.0224. The maximum Gasteiger partial charge on any atom is 0.301 e. The van der Waals surface area contributed by atoms with E-state index >= 15 is 0 Å². The first-order chi connectivity index (χ1) is 13.4. The number of nitro benzene ring substituents is 2. The molecule has 0 spiro atoms. The number of halogens is 1. The van der Waals surface area contributed by atoms with Crippen LogP contribution in [0.1, 0.15) is 5.76 Å². The van der Waals surface area contributed by atoms with Gasteiger partial charge in [-0.2, -0.15) is 5.10 Å². The van der Waals surface area contributed by atoms with Gasteiger partial charge in [0.1, 0.15) is 11.4 Å². The van der Waals surface area contributed by atoms with E-state index in [1.807, 2.05) is 12.1 Å². The van der Waals surface area contributed by atoms with Gasteiger partial charge in [-0.1, -0.05) is 23.4 Å². The Kier molecular flexibility index (Phi) is 5.92. The van der Waals surface area contributed by atoms with Crippen molar-refractivity contribution in [2.24, 2.45) is 5.10 Å². The van der Waals surface area contributed by atoms with Crippen LogP contribution in [0.3, 0.4) is 0 Å². The predicted octanol–water partition coefficient (Wildman–Crippen LogP) is 5.35. The number of hydrogen-bond acceptors (Lipinski definition) is 8. The molecule has 0 aliphatic rings. The van der Waals surface area contributed by atoms with Crippen molar-refractivity contribution >= 4 is 46.6 Å². The quantitative estimate of drug-likeness (QED) is 0.311. The Labute approximate surface area is 167 Å². The summed E-state index contributed by atoms with van der Waals surface area (Å²) in [5.74, 6) is 0.425. The first kappa shape index (κ1) is 19.4. The van der Waals surface area contributed by atoms with Gasteiger partial charge in [0.15, 0.2) is 5.09 Å². The standard InChI is InChI=1S/C17H11ClN4O5S/c18-11-1-5-14(6-2-11)28-17-8-4-13(27-17)10-19-20-15-7-3-12(21(23)24)9-16(15)22(25)26/h1-10,20H. The third kappa shape index (κ3) is 4.87. The van der Waals surface area contributed by atoms with Crippen molar-refractivity contribution in [3.8, 4) is 0 Å². The highest BCUT2D eigenvalue weighted by Gasteiger charge is 2.19. The van der Waals surface area contributed by atoms with Crippen LogP contribution in [0.15, 0.2) is 74.1 Å². The highest BCUT2D eigenvalue weighted by Crippen LogP contribution is 2.30. The molecule has 1 heterocycles. The van der Waals surface area contributed by atoms with E-state index in [9.17, 15) is 20.2 Å². The van der Waals surface area contributed by atoms with Gasteiger partial charge in [0, 0.05) is 16.0 Å². The maximum absolute atomic E-state index is 11.1. The largest absolute Gasteiger partial charge is 0.448 e. The van der Waals surface area contributed by atoms with Crippen molar-refractivity contribution in [2.45, 2.75) is 9.99 Å². The van der Waals surface area contributed by atoms with Crippen LogP contribution in [0.5, 0.6) is 0 Å². The van der Waals surface area contributed by atoms with Crippen molar-refractivity contribution in [2.75, 3.05) is 5.43 Å². The summed E-state index contributed by atoms with van der Waals surface area (Å²) in [6.07, 6.45) is 1.34. The molecule has 0 amide bonds. The third-order valence-corrected chi connectivity index (χ3v) is 4.58. The second-order valence-electron chi connectivity index (χ2n) is 5.30. The molecular weight excluding hydrogens is 408 g/mol. The molecule has 11 heteroatoms. The minimum atomic E-state index is -0.724. The molecule has 0 bridgehead atoms. The number of rotatable bonds is 7. The monoisotopic (exact) mass is 418 g/mol. The van der Waals surface area contributed by atoms with Gasteiger partial charge in [-0.3, -0.25) is 25.7 Å². The fourth-order valence-corrected chi connectivity index (χ4v) is 3.03. The van der Waals surface area contributed by atoms with Crippen LogP contribution in [0.4, 0.5) is 17.1 Å². The molecule has 2 aromatic carbocycles. The number of nitrogens with one attached hydrogen (secondary N) is 1. The van der Waals surface area contributed by atoms with Gasteiger partial charge in [-0.05, 0) is 42.5 Å². The number of anilines is 1. The van der Waals surface area contributed by atoms with E-state index in [1.54, 1.807) is 24.3 Å². The zero-order valence-electron chi connectivity index (χ0n) is 13.9. The summed E-state index contributed by atoms with van der Waals surface area (Å²) in [6.45, 7) is 0. The molecule has 9 nitrogen and oxygen atoms in total. The second-order valence-corrected chi connectivity index (χ2v) is 6.81. The van der Waals surface area contributed by atoms with Crippen molar-refractivity contribution in [1.82, 2.24) is 0 Å². The molecule has 3 aromatic rings. The lowest BCUT2D eigenvalue weighted by atomic mass is 10.2. The Morgan fingerprint density at radius 2 is 1.79 bits per heavy atom. The maximum atomic E-state index is 11.1. The molecule has 0 aliphatic carbocycles. The highest BCUT2D eigenvalue weighted by molar-refractivity contribution is 7.99. The Balaban J connectivity index is 1.68. The van der Waals surface area contributed by atoms with Crippen LogP contribution < -0.4 is 5.43 Å². The average Bonchev–Trinajstić information content (AvgIpc) is 3.10. The zero-order chi connectivity index (χ0) is 20.1. The Bertz CT molecular complexity index is 1050. The molecule has 0 unspecified atom stereocenters. The molecule has 0 radical (unpaired) electrons. The Hall–Kier alpha value is -3.37. The predicted molar refractivity (Wildman–Crippen MR) is 105 cm³/mol. The zero-order valence-corrected chi connectivity index (χ0v) is 15.5. The Morgan fingerprint density at radius 3 is 2.46 bits per heavy atom.